The molecule has 1 aromatic heterocycles. The highest BCUT2D eigenvalue weighted by molar-refractivity contribution is 5.42. The maximum absolute atomic E-state index is 4.60. The van der Waals surface area contributed by atoms with Gasteiger partial charge in [0.05, 0.1) is 0 Å². The molecule has 1 aromatic rings. The van der Waals surface area contributed by atoms with Crippen molar-refractivity contribution in [3.8, 4) is 0 Å². The summed E-state index contributed by atoms with van der Waals surface area (Å²) in [6, 6.07) is 5.71. The van der Waals surface area contributed by atoms with Crippen molar-refractivity contribution in [2.75, 3.05) is 11.4 Å². The third-order valence-electron chi connectivity index (χ3n) is 4.15. The molecular formula is C17H29N3. The average molecular weight is 275 g/mol. The number of pyridine rings is 1. The largest absolute Gasteiger partial charge is 0.354 e. The van der Waals surface area contributed by atoms with Crippen LogP contribution in [-0.4, -0.2) is 23.6 Å². The molecule has 0 amide bonds. The van der Waals surface area contributed by atoms with E-state index < -0.39 is 0 Å². The number of anilines is 1. The van der Waals surface area contributed by atoms with E-state index in [1.54, 1.807) is 0 Å². The Balaban J connectivity index is 2.03. The van der Waals surface area contributed by atoms with Crippen molar-refractivity contribution in [3.05, 3.63) is 23.9 Å². The van der Waals surface area contributed by atoms with Gasteiger partial charge in [0, 0.05) is 31.4 Å². The van der Waals surface area contributed by atoms with E-state index in [1.807, 2.05) is 6.20 Å². The highest BCUT2D eigenvalue weighted by Gasteiger charge is 2.20. The lowest BCUT2D eigenvalue weighted by Gasteiger charge is -2.30. The van der Waals surface area contributed by atoms with Gasteiger partial charge in [-0.25, -0.2) is 4.98 Å². The zero-order valence-corrected chi connectivity index (χ0v) is 13.2. The second-order valence-electron chi connectivity index (χ2n) is 5.98. The molecule has 1 N–H and O–H groups in total. The number of aromatic nitrogens is 1. The molecule has 0 saturated heterocycles. The number of unbranched alkanes of at least 4 members (excludes halogenated alkanes) is 1. The van der Waals surface area contributed by atoms with Gasteiger partial charge >= 0.3 is 0 Å². The summed E-state index contributed by atoms with van der Waals surface area (Å²) in [6.45, 7) is 8.88. The third-order valence-corrected chi connectivity index (χ3v) is 4.15. The highest BCUT2D eigenvalue weighted by atomic mass is 15.2. The maximum Gasteiger partial charge on any atom is 0.129 e. The molecular weight excluding hydrogens is 246 g/mol. The fourth-order valence-corrected chi connectivity index (χ4v) is 2.39. The molecule has 3 nitrogen and oxygen atoms in total. The Hall–Kier alpha value is -1.09. The van der Waals surface area contributed by atoms with Crippen molar-refractivity contribution in [1.29, 1.82) is 0 Å². The minimum Gasteiger partial charge on any atom is -0.354 e. The van der Waals surface area contributed by atoms with Crippen LogP contribution in [-0.2, 0) is 6.54 Å². The van der Waals surface area contributed by atoms with Crippen molar-refractivity contribution >= 4 is 5.82 Å². The van der Waals surface area contributed by atoms with Crippen LogP contribution < -0.4 is 10.2 Å². The van der Waals surface area contributed by atoms with E-state index in [1.165, 1.54) is 31.2 Å². The molecule has 1 saturated carbocycles. The molecule has 0 aliphatic heterocycles. The average Bonchev–Trinajstić information content (AvgIpc) is 3.30. The standard InChI is InChI=1S/C17H29N3/c1-4-6-11-20(14(3)5-2)17-12-15(9-10-18-17)13-19-16-7-8-16/h9-10,12,14,16,19H,4-8,11,13H2,1-3H3. The van der Waals surface area contributed by atoms with Crippen LogP contribution in [0, 0.1) is 0 Å². The van der Waals surface area contributed by atoms with Crippen LogP contribution in [0.5, 0.6) is 0 Å². The van der Waals surface area contributed by atoms with E-state index in [2.05, 4.69) is 48.1 Å². The first-order chi connectivity index (χ1) is 9.74. The lowest BCUT2D eigenvalue weighted by Crippen LogP contribution is -2.34. The number of rotatable bonds is 9. The van der Waals surface area contributed by atoms with Gasteiger partial charge in [0.25, 0.3) is 0 Å². The molecule has 1 aliphatic carbocycles. The van der Waals surface area contributed by atoms with Crippen molar-refractivity contribution < 1.29 is 0 Å². The summed E-state index contributed by atoms with van der Waals surface area (Å²) in [7, 11) is 0. The molecule has 2 rings (SSSR count). The summed E-state index contributed by atoms with van der Waals surface area (Å²) < 4.78 is 0. The second kappa shape index (κ2) is 7.63. The SMILES string of the molecule is CCCCN(c1cc(CNC2CC2)ccn1)C(C)CC. The molecule has 1 aliphatic rings. The van der Waals surface area contributed by atoms with Gasteiger partial charge in [-0.05, 0) is 50.3 Å². The Kier molecular flexibility index (Phi) is 5.84. The fourth-order valence-electron chi connectivity index (χ4n) is 2.39. The smallest absolute Gasteiger partial charge is 0.129 e. The molecule has 1 atom stereocenters. The molecule has 3 heteroatoms. The molecule has 20 heavy (non-hydrogen) atoms. The zero-order chi connectivity index (χ0) is 14.4. The summed E-state index contributed by atoms with van der Waals surface area (Å²) >= 11 is 0. The van der Waals surface area contributed by atoms with Gasteiger partial charge in [0.15, 0.2) is 0 Å². The number of nitrogens with zero attached hydrogens (tertiary/aromatic N) is 2. The van der Waals surface area contributed by atoms with Gasteiger partial charge in [-0.15, -0.1) is 0 Å². The first-order valence-corrected chi connectivity index (χ1v) is 8.19. The molecule has 1 unspecified atom stereocenters. The van der Waals surface area contributed by atoms with Crippen LogP contribution in [0.15, 0.2) is 18.3 Å². The topological polar surface area (TPSA) is 28.2 Å². The number of hydrogen-bond donors (Lipinski definition) is 1. The van der Waals surface area contributed by atoms with E-state index in [0.29, 0.717) is 6.04 Å². The van der Waals surface area contributed by atoms with Crippen molar-refractivity contribution in [2.24, 2.45) is 0 Å². The van der Waals surface area contributed by atoms with E-state index in [0.717, 1.165) is 31.4 Å². The predicted molar refractivity (Wildman–Crippen MR) is 86.1 cm³/mol. The molecule has 0 spiro atoms. The highest BCUT2D eigenvalue weighted by Crippen LogP contribution is 2.21. The first-order valence-electron chi connectivity index (χ1n) is 8.19. The van der Waals surface area contributed by atoms with Gasteiger partial charge in [0.1, 0.15) is 5.82 Å². The minimum atomic E-state index is 0.556. The summed E-state index contributed by atoms with van der Waals surface area (Å²) in [5, 5.41) is 3.58. The zero-order valence-electron chi connectivity index (χ0n) is 13.2. The van der Waals surface area contributed by atoms with Gasteiger partial charge in [-0.1, -0.05) is 20.3 Å². The molecule has 0 radical (unpaired) electrons. The van der Waals surface area contributed by atoms with Crippen molar-refractivity contribution in [1.82, 2.24) is 10.3 Å². The second-order valence-corrected chi connectivity index (χ2v) is 5.98. The Morgan fingerprint density at radius 1 is 1.40 bits per heavy atom. The Morgan fingerprint density at radius 3 is 2.85 bits per heavy atom. The lowest BCUT2D eigenvalue weighted by molar-refractivity contribution is 0.589. The summed E-state index contributed by atoms with van der Waals surface area (Å²) in [5.74, 6) is 1.14. The van der Waals surface area contributed by atoms with E-state index >= 15 is 0 Å². The van der Waals surface area contributed by atoms with Gasteiger partial charge in [0.2, 0.25) is 0 Å². The normalized spacial score (nSPS) is 16.1. The quantitative estimate of drug-likeness (QED) is 0.744. The Labute approximate surface area is 123 Å². The summed E-state index contributed by atoms with van der Waals surface area (Å²) in [4.78, 5) is 7.06. The van der Waals surface area contributed by atoms with Crippen LogP contribution in [0.4, 0.5) is 5.82 Å². The number of nitrogens with one attached hydrogen (secondary N) is 1. The summed E-state index contributed by atoms with van der Waals surface area (Å²) in [6.07, 6.45) is 8.27. The maximum atomic E-state index is 4.60. The lowest BCUT2D eigenvalue weighted by atomic mass is 10.1. The van der Waals surface area contributed by atoms with E-state index in [4.69, 9.17) is 0 Å². The van der Waals surface area contributed by atoms with E-state index in [9.17, 15) is 0 Å². The minimum absolute atomic E-state index is 0.556. The van der Waals surface area contributed by atoms with Crippen LogP contribution in [0.25, 0.3) is 0 Å². The monoisotopic (exact) mass is 275 g/mol. The molecule has 1 fully saturated rings. The third kappa shape index (κ3) is 4.48. The molecule has 112 valence electrons. The first kappa shape index (κ1) is 15.3. The van der Waals surface area contributed by atoms with Crippen LogP contribution in [0.2, 0.25) is 0 Å². The Morgan fingerprint density at radius 2 is 2.20 bits per heavy atom. The molecule has 0 aromatic carbocycles. The van der Waals surface area contributed by atoms with Crippen LogP contribution in [0.1, 0.15) is 58.4 Å². The number of hydrogen-bond acceptors (Lipinski definition) is 3. The van der Waals surface area contributed by atoms with Crippen LogP contribution in [0.3, 0.4) is 0 Å². The van der Waals surface area contributed by atoms with Crippen molar-refractivity contribution in [3.63, 3.8) is 0 Å². The fraction of sp³-hybridized carbons (Fsp3) is 0.706. The van der Waals surface area contributed by atoms with Gasteiger partial charge < -0.3 is 10.2 Å². The molecule has 1 heterocycles. The predicted octanol–water partition coefficient (Wildman–Crippen LogP) is 3.74. The van der Waals surface area contributed by atoms with E-state index in [-0.39, 0.29) is 0 Å². The van der Waals surface area contributed by atoms with Gasteiger partial charge in [-0.3, -0.25) is 0 Å². The van der Waals surface area contributed by atoms with Crippen LogP contribution >= 0.6 is 0 Å². The molecule has 0 bridgehead atoms. The van der Waals surface area contributed by atoms with Gasteiger partial charge in [-0.2, -0.15) is 0 Å². The van der Waals surface area contributed by atoms with Crippen molar-refractivity contribution in [2.45, 2.75) is 71.5 Å². The Bertz CT molecular complexity index is 401. The summed E-state index contributed by atoms with van der Waals surface area (Å²) in [5.41, 5.74) is 1.35.